The molecule has 0 aliphatic carbocycles. The third-order valence-corrected chi connectivity index (χ3v) is 4.37. The van der Waals surface area contributed by atoms with E-state index in [-0.39, 0.29) is 29.0 Å². The molecule has 1 atom stereocenters. The molecule has 0 radical (unpaired) electrons. The molecule has 0 aromatic carbocycles. The summed E-state index contributed by atoms with van der Waals surface area (Å²) >= 11 is 0. The Labute approximate surface area is 171 Å². The predicted octanol–water partition coefficient (Wildman–Crippen LogP) is 3.32. The highest BCUT2D eigenvalue weighted by molar-refractivity contribution is 5.64. The summed E-state index contributed by atoms with van der Waals surface area (Å²) in [5.74, 6) is -5.95. The van der Waals surface area contributed by atoms with Crippen LogP contribution in [-0.2, 0) is 10.7 Å². The van der Waals surface area contributed by atoms with Gasteiger partial charge in [-0.05, 0) is 25.0 Å². The highest BCUT2D eigenvalue weighted by atomic mass is 19.4. The van der Waals surface area contributed by atoms with Crippen LogP contribution in [0.1, 0.15) is 18.4 Å². The summed E-state index contributed by atoms with van der Waals surface area (Å²) in [5.41, 5.74) is 3.99. The number of nitrogens with zero attached hydrogens (tertiary/aromatic N) is 4. The van der Waals surface area contributed by atoms with E-state index in [0.29, 0.717) is 18.9 Å². The average molecular weight is 449 g/mol. The van der Waals surface area contributed by atoms with E-state index >= 15 is 0 Å². The van der Waals surface area contributed by atoms with Gasteiger partial charge in [-0.25, -0.2) is 13.9 Å². The lowest BCUT2D eigenvalue weighted by molar-refractivity contribution is -0.289. The van der Waals surface area contributed by atoms with Crippen LogP contribution in [0.4, 0.5) is 32.3 Å². The molecule has 168 valence electrons. The standard InChI is InChI=1S/C13H7F6N5.C5H10O2/c14-7-3-9(24-10(7)5-22-11(20)23-24)8-2-1-6(4-21-8)12(15,16)13(17,18)19;6-5-2-1-3-7-4-5/h1-5H,(H2,20,23);5-6H,1-4H2. The number of alkyl halides is 5. The van der Waals surface area contributed by atoms with Gasteiger partial charge in [0.2, 0.25) is 5.95 Å². The summed E-state index contributed by atoms with van der Waals surface area (Å²) in [6.07, 6.45) is -2.51. The first-order valence-corrected chi connectivity index (χ1v) is 8.97. The second-order valence-corrected chi connectivity index (χ2v) is 6.67. The Hall–Kier alpha value is -2.93. The zero-order chi connectivity index (χ0) is 22.8. The van der Waals surface area contributed by atoms with Gasteiger partial charge in [0, 0.05) is 24.4 Å². The number of anilines is 1. The molecule has 3 aromatic heterocycles. The van der Waals surface area contributed by atoms with Crippen molar-refractivity contribution in [3.05, 3.63) is 42.0 Å². The van der Waals surface area contributed by atoms with Crippen molar-refractivity contribution in [3.63, 3.8) is 0 Å². The van der Waals surface area contributed by atoms with Crippen molar-refractivity contribution in [1.82, 2.24) is 19.6 Å². The molecular weight excluding hydrogens is 432 g/mol. The van der Waals surface area contributed by atoms with Crippen LogP contribution in [0, 0.1) is 5.82 Å². The number of aromatic nitrogens is 4. The minimum atomic E-state index is -5.74. The van der Waals surface area contributed by atoms with Crippen LogP contribution < -0.4 is 5.73 Å². The number of hydrogen-bond donors (Lipinski definition) is 2. The Morgan fingerprint density at radius 2 is 1.87 bits per heavy atom. The minimum Gasteiger partial charge on any atom is -0.391 e. The van der Waals surface area contributed by atoms with E-state index in [2.05, 4.69) is 15.1 Å². The fourth-order valence-electron chi connectivity index (χ4n) is 2.77. The summed E-state index contributed by atoms with van der Waals surface area (Å²) in [6.45, 7) is 1.37. The molecule has 0 bridgehead atoms. The van der Waals surface area contributed by atoms with E-state index in [1.165, 1.54) is 0 Å². The topological polar surface area (TPSA) is 98.6 Å². The molecule has 1 fully saturated rings. The van der Waals surface area contributed by atoms with Gasteiger partial charge in [0.15, 0.2) is 5.82 Å². The largest absolute Gasteiger partial charge is 0.458 e. The number of hydrogen-bond acceptors (Lipinski definition) is 6. The number of nitrogen functional groups attached to an aromatic ring is 1. The van der Waals surface area contributed by atoms with E-state index in [0.717, 1.165) is 42.3 Å². The molecule has 7 nitrogen and oxygen atoms in total. The SMILES string of the molecule is Nc1ncc2c(F)cc(-c3ccc(C(F)(F)C(F)(F)F)cn3)n2n1.OC1CCCOC1. The Bertz CT molecular complexity index is 1030. The number of fused-ring (bicyclic) bond motifs is 1. The van der Waals surface area contributed by atoms with Gasteiger partial charge < -0.3 is 15.6 Å². The fraction of sp³-hybridized carbons (Fsp3) is 0.389. The first-order valence-electron chi connectivity index (χ1n) is 8.97. The molecule has 4 rings (SSSR count). The first kappa shape index (κ1) is 22.7. The van der Waals surface area contributed by atoms with Crippen LogP contribution in [-0.4, -0.2) is 50.2 Å². The van der Waals surface area contributed by atoms with Crippen LogP contribution in [0.25, 0.3) is 16.9 Å². The lowest BCUT2D eigenvalue weighted by Crippen LogP contribution is -2.33. The number of aliphatic hydroxyl groups is 1. The van der Waals surface area contributed by atoms with E-state index in [4.69, 9.17) is 15.6 Å². The summed E-state index contributed by atoms with van der Waals surface area (Å²) < 4.78 is 83.3. The smallest absolute Gasteiger partial charge is 0.391 e. The van der Waals surface area contributed by atoms with Gasteiger partial charge in [-0.3, -0.25) is 4.98 Å². The first-order chi connectivity index (χ1) is 14.5. The van der Waals surface area contributed by atoms with Crippen LogP contribution in [0.3, 0.4) is 0 Å². The highest BCUT2D eigenvalue weighted by Gasteiger charge is 2.58. The fourth-order valence-corrected chi connectivity index (χ4v) is 2.77. The van der Waals surface area contributed by atoms with Gasteiger partial charge in [0.1, 0.15) is 5.52 Å². The molecule has 1 saturated heterocycles. The molecule has 0 saturated carbocycles. The lowest BCUT2D eigenvalue weighted by atomic mass is 10.1. The predicted molar refractivity (Wildman–Crippen MR) is 96.6 cm³/mol. The van der Waals surface area contributed by atoms with Crippen molar-refractivity contribution >= 4 is 11.5 Å². The summed E-state index contributed by atoms with van der Waals surface area (Å²) in [5, 5.41) is 12.5. The van der Waals surface area contributed by atoms with Crippen LogP contribution in [0.5, 0.6) is 0 Å². The average Bonchev–Trinajstić information content (AvgIpc) is 3.04. The van der Waals surface area contributed by atoms with Gasteiger partial charge >= 0.3 is 12.1 Å². The number of aliphatic hydroxyl groups excluding tert-OH is 1. The van der Waals surface area contributed by atoms with Crippen molar-refractivity contribution in [2.24, 2.45) is 0 Å². The van der Waals surface area contributed by atoms with E-state index in [9.17, 15) is 26.3 Å². The van der Waals surface area contributed by atoms with Gasteiger partial charge in [-0.15, -0.1) is 5.10 Å². The van der Waals surface area contributed by atoms with Gasteiger partial charge in [-0.1, -0.05) is 0 Å². The molecule has 1 unspecified atom stereocenters. The second kappa shape index (κ2) is 8.67. The van der Waals surface area contributed by atoms with E-state index in [1.54, 1.807) is 0 Å². The number of rotatable bonds is 2. The third-order valence-electron chi connectivity index (χ3n) is 4.37. The molecular formula is C18H17F6N5O2. The Morgan fingerprint density at radius 3 is 2.39 bits per heavy atom. The molecule has 4 heterocycles. The quantitative estimate of drug-likeness (QED) is 0.583. The summed E-state index contributed by atoms with van der Waals surface area (Å²) in [6, 6.07) is 2.47. The maximum Gasteiger partial charge on any atom is 0.458 e. The van der Waals surface area contributed by atoms with E-state index < -0.39 is 23.5 Å². The van der Waals surface area contributed by atoms with Gasteiger partial charge in [-0.2, -0.15) is 22.0 Å². The maximum absolute atomic E-state index is 13.8. The zero-order valence-electron chi connectivity index (χ0n) is 15.8. The monoisotopic (exact) mass is 449 g/mol. The molecule has 3 N–H and O–H groups in total. The maximum atomic E-state index is 13.8. The van der Waals surface area contributed by atoms with Crippen molar-refractivity contribution in [2.45, 2.75) is 31.0 Å². The number of pyridine rings is 1. The molecule has 3 aromatic rings. The molecule has 1 aliphatic heterocycles. The van der Waals surface area contributed by atoms with Crippen molar-refractivity contribution in [1.29, 1.82) is 0 Å². The van der Waals surface area contributed by atoms with Crippen molar-refractivity contribution < 1.29 is 36.2 Å². The zero-order valence-corrected chi connectivity index (χ0v) is 15.8. The molecule has 0 amide bonds. The summed E-state index contributed by atoms with van der Waals surface area (Å²) in [4.78, 5) is 7.16. The van der Waals surface area contributed by atoms with Gasteiger partial charge in [0.25, 0.3) is 0 Å². The number of halogens is 6. The van der Waals surface area contributed by atoms with Crippen LogP contribution in [0.2, 0.25) is 0 Å². The molecule has 0 spiro atoms. The van der Waals surface area contributed by atoms with Crippen LogP contribution >= 0.6 is 0 Å². The number of nitrogens with two attached hydrogens (primary N) is 1. The molecule has 1 aliphatic rings. The summed E-state index contributed by atoms with van der Waals surface area (Å²) in [7, 11) is 0. The molecule has 13 heteroatoms. The van der Waals surface area contributed by atoms with Crippen LogP contribution in [0.15, 0.2) is 30.6 Å². The number of ether oxygens (including phenoxy) is 1. The third kappa shape index (κ3) is 4.88. The molecule has 31 heavy (non-hydrogen) atoms. The van der Waals surface area contributed by atoms with E-state index in [1.807, 2.05) is 0 Å². The highest BCUT2D eigenvalue weighted by Crippen LogP contribution is 2.43. The van der Waals surface area contributed by atoms with Crippen molar-refractivity contribution in [2.75, 3.05) is 18.9 Å². The Kier molecular flexibility index (Phi) is 6.36. The normalized spacial score (nSPS) is 17.3. The Balaban J connectivity index is 0.000000330. The lowest BCUT2D eigenvalue weighted by Gasteiger charge is -2.19. The Morgan fingerprint density at radius 1 is 1.13 bits per heavy atom. The second-order valence-electron chi connectivity index (χ2n) is 6.67. The minimum absolute atomic E-state index is 0.0264. The van der Waals surface area contributed by atoms with Gasteiger partial charge in [0.05, 0.1) is 30.3 Å². The van der Waals surface area contributed by atoms with Crippen molar-refractivity contribution in [3.8, 4) is 11.4 Å².